The quantitative estimate of drug-likeness (QED) is 0.285. The third-order valence-corrected chi connectivity index (χ3v) is 6.15. The number of hydrogen-bond acceptors (Lipinski definition) is 8. The molecule has 0 atom stereocenters. The summed E-state index contributed by atoms with van der Waals surface area (Å²) < 4.78 is 13.3. The molecule has 156 valence electrons. The first kappa shape index (κ1) is 20.6. The van der Waals surface area contributed by atoms with Gasteiger partial charge in [0.25, 0.3) is 5.56 Å². The highest BCUT2D eigenvalue weighted by Gasteiger charge is 2.16. The summed E-state index contributed by atoms with van der Waals surface area (Å²) >= 11 is 2.86. The van der Waals surface area contributed by atoms with Gasteiger partial charge in [-0.2, -0.15) is 4.98 Å². The maximum atomic E-state index is 12.9. The summed E-state index contributed by atoms with van der Waals surface area (Å²) in [7, 11) is 0. The Morgan fingerprint density at radius 1 is 1.20 bits per heavy atom. The number of aromatic nitrogens is 4. The molecule has 0 fully saturated rings. The predicted molar refractivity (Wildman–Crippen MR) is 119 cm³/mol. The molecule has 4 aromatic rings. The second-order valence-electron chi connectivity index (χ2n) is 7.10. The smallest absolute Gasteiger partial charge is 0.272 e. The highest BCUT2D eigenvalue weighted by atomic mass is 32.2. The first-order valence-corrected chi connectivity index (χ1v) is 11.6. The molecular formula is C21H22N4O3S2. The Morgan fingerprint density at radius 2 is 2.00 bits per heavy atom. The van der Waals surface area contributed by atoms with Crippen molar-refractivity contribution in [2.45, 2.75) is 38.2 Å². The molecule has 0 bridgehead atoms. The third kappa shape index (κ3) is 4.41. The summed E-state index contributed by atoms with van der Waals surface area (Å²) in [5.41, 5.74) is 1.59. The van der Waals surface area contributed by atoms with Gasteiger partial charge in [-0.1, -0.05) is 30.8 Å². The zero-order chi connectivity index (χ0) is 21.1. The van der Waals surface area contributed by atoms with Crippen LogP contribution < -0.4 is 10.3 Å². The number of benzene rings is 1. The normalized spacial score (nSPS) is 11.5. The second-order valence-corrected chi connectivity index (χ2v) is 8.96. The lowest BCUT2D eigenvalue weighted by Gasteiger charge is -2.13. The predicted octanol–water partition coefficient (Wildman–Crippen LogP) is 4.86. The van der Waals surface area contributed by atoms with Gasteiger partial charge >= 0.3 is 0 Å². The summed E-state index contributed by atoms with van der Waals surface area (Å²) in [6.07, 6.45) is 0. The van der Waals surface area contributed by atoms with Crippen molar-refractivity contribution in [1.29, 1.82) is 0 Å². The number of thioether (sulfide) groups is 1. The molecule has 7 nitrogen and oxygen atoms in total. The largest absolute Gasteiger partial charge is 0.494 e. The number of thiophene rings is 1. The van der Waals surface area contributed by atoms with Crippen LogP contribution in [0.25, 0.3) is 21.6 Å². The van der Waals surface area contributed by atoms with Gasteiger partial charge in [-0.25, -0.2) is 4.98 Å². The van der Waals surface area contributed by atoms with Crippen molar-refractivity contribution in [3.8, 4) is 17.1 Å². The molecule has 30 heavy (non-hydrogen) atoms. The van der Waals surface area contributed by atoms with E-state index in [1.807, 2.05) is 42.6 Å². The Labute approximate surface area is 182 Å². The van der Waals surface area contributed by atoms with E-state index in [4.69, 9.17) is 9.26 Å². The highest BCUT2D eigenvalue weighted by molar-refractivity contribution is 7.98. The molecule has 0 aliphatic rings. The fourth-order valence-corrected chi connectivity index (χ4v) is 4.61. The van der Waals surface area contributed by atoms with Crippen molar-refractivity contribution < 1.29 is 9.26 Å². The molecule has 0 saturated carbocycles. The highest BCUT2D eigenvalue weighted by Crippen LogP contribution is 2.26. The minimum Gasteiger partial charge on any atom is -0.494 e. The summed E-state index contributed by atoms with van der Waals surface area (Å²) in [6, 6.07) is 9.45. The minimum atomic E-state index is 0.00630. The minimum absolute atomic E-state index is 0.00630. The summed E-state index contributed by atoms with van der Waals surface area (Å²) in [5.74, 6) is 2.58. The van der Waals surface area contributed by atoms with Gasteiger partial charge in [0.2, 0.25) is 11.7 Å². The van der Waals surface area contributed by atoms with Crippen LogP contribution in [0.2, 0.25) is 0 Å². The number of hydrogen-bond donors (Lipinski definition) is 0. The van der Waals surface area contributed by atoms with Crippen LogP contribution in [0.5, 0.6) is 5.75 Å². The molecule has 9 heteroatoms. The SMILES string of the molecule is CCOc1ccc(-c2noc(CSc3nc4ccsc4c(=O)n3CC(C)C)n2)cc1. The van der Waals surface area contributed by atoms with Crippen LogP contribution in [-0.2, 0) is 12.3 Å². The van der Waals surface area contributed by atoms with Crippen molar-refractivity contribution >= 4 is 33.3 Å². The van der Waals surface area contributed by atoms with Gasteiger partial charge in [-0.3, -0.25) is 9.36 Å². The molecule has 0 unspecified atom stereocenters. The summed E-state index contributed by atoms with van der Waals surface area (Å²) in [4.78, 5) is 22.1. The molecular weight excluding hydrogens is 420 g/mol. The maximum absolute atomic E-state index is 12.9. The van der Waals surface area contributed by atoms with Crippen molar-refractivity contribution in [3.05, 3.63) is 52.0 Å². The standard InChI is InChI=1S/C21H22N4O3S2/c1-4-27-15-7-5-14(6-8-15)19-23-17(28-24-19)12-30-21-22-16-9-10-29-18(16)20(26)25(21)11-13(2)3/h5-10,13H,4,11-12H2,1-3H3. The fourth-order valence-electron chi connectivity index (χ4n) is 2.98. The second kappa shape index (κ2) is 9.01. The molecule has 0 spiro atoms. The number of nitrogens with zero attached hydrogens (tertiary/aromatic N) is 4. The van der Waals surface area contributed by atoms with Gasteiger partial charge in [0.15, 0.2) is 5.16 Å². The molecule has 0 radical (unpaired) electrons. The Morgan fingerprint density at radius 3 is 2.73 bits per heavy atom. The molecule has 1 aromatic carbocycles. The topological polar surface area (TPSA) is 83.0 Å². The number of ether oxygens (including phenoxy) is 1. The van der Waals surface area contributed by atoms with Gasteiger partial charge in [0.1, 0.15) is 10.4 Å². The molecule has 3 heterocycles. The number of fused-ring (bicyclic) bond motifs is 1. The van der Waals surface area contributed by atoms with Crippen molar-refractivity contribution in [3.63, 3.8) is 0 Å². The fraction of sp³-hybridized carbons (Fsp3) is 0.333. The molecule has 4 rings (SSSR count). The Bertz CT molecular complexity index is 1200. The Hall–Kier alpha value is -2.65. The van der Waals surface area contributed by atoms with Crippen LogP contribution >= 0.6 is 23.1 Å². The monoisotopic (exact) mass is 442 g/mol. The van der Waals surface area contributed by atoms with E-state index in [0.29, 0.717) is 46.4 Å². The first-order chi connectivity index (χ1) is 14.5. The Kier molecular flexibility index (Phi) is 6.19. The van der Waals surface area contributed by atoms with Gasteiger partial charge in [-0.15, -0.1) is 11.3 Å². The average molecular weight is 443 g/mol. The lowest BCUT2D eigenvalue weighted by molar-refractivity contribution is 0.340. The van der Waals surface area contributed by atoms with Crippen molar-refractivity contribution in [1.82, 2.24) is 19.7 Å². The van der Waals surface area contributed by atoms with E-state index in [-0.39, 0.29) is 5.56 Å². The lowest BCUT2D eigenvalue weighted by atomic mass is 10.2. The molecule has 0 saturated heterocycles. The van der Waals surface area contributed by atoms with Gasteiger partial charge in [-0.05, 0) is 48.6 Å². The number of rotatable bonds is 8. The maximum Gasteiger partial charge on any atom is 0.272 e. The van der Waals surface area contributed by atoms with E-state index in [1.165, 1.54) is 23.1 Å². The summed E-state index contributed by atoms with van der Waals surface area (Å²) in [6.45, 7) is 7.35. The summed E-state index contributed by atoms with van der Waals surface area (Å²) in [5, 5.41) is 6.64. The van der Waals surface area contributed by atoms with Crippen LogP contribution in [0.1, 0.15) is 26.7 Å². The van der Waals surface area contributed by atoms with E-state index in [0.717, 1.165) is 16.8 Å². The lowest BCUT2D eigenvalue weighted by Crippen LogP contribution is -2.24. The molecule has 3 aromatic heterocycles. The van der Waals surface area contributed by atoms with E-state index in [1.54, 1.807) is 4.57 Å². The van der Waals surface area contributed by atoms with Crippen LogP contribution in [-0.4, -0.2) is 26.3 Å². The van der Waals surface area contributed by atoms with Crippen molar-refractivity contribution in [2.75, 3.05) is 6.61 Å². The van der Waals surface area contributed by atoms with Gasteiger partial charge in [0, 0.05) is 12.1 Å². The molecule has 0 aliphatic carbocycles. The van der Waals surface area contributed by atoms with Crippen molar-refractivity contribution in [2.24, 2.45) is 5.92 Å². The molecule has 0 N–H and O–H groups in total. The zero-order valence-electron chi connectivity index (χ0n) is 17.0. The van der Waals surface area contributed by atoms with Gasteiger partial charge < -0.3 is 9.26 Å². The molecule has 0 amide bonds. The van der Waals surface area contributed by atoms with E-state index in [9.17, 15) is 4.79 Å². The van der Waals surface area contributed by atoms with Crippen LogP contribution in [0, 0.1) is 5.92 Å². The Balaban J connectivity index is 1.54. The zero-order valence-corrected chi connectivity index (χ0v) is 18.6. The van der Waals surface area contributed by atoms with Crippen LogP contribution in [0.4, 0.5) is 0 Å². The first-order valence-electron chi connectivity index (χ1n) is 9.71. The van der Waals surface area contributed by atoms with E-state index in [2.05, 4.69) is 29.0 Å². The van der Waals surface area contributed by atoms with E-state index >= 15 is 0 Å². The van der Waals surface area contributed by atoms with Crippen LogP contribution in [0.3, 0.4) is 0 Å². The average Bonchev–Trinajstić information content (AvgIpc) is 3.39. The third-order valence-electron chi connectivity index (χ3n) is 4.29. The van der Waals surface area contributed by atoms with Crippen LogP contribution in [0.15, 0.2) is 50.2 Å². The van der Waals surface area contributed by atoms with Gasteiger partial charge in [0.05, 0.1) is 17.9 Å². The molecule has 0 aliphatic heterocycles. The van der Waals surface area contributed by atoms with E-state index < -0.39 is 0 Å².